The monoisotopic (exact) mass is 303 g/mol. The first-order chi connectivity index (χ1) is 7.59. The summed E-state index contributed by atoms with van der Waals surface area (Å²) in [5.74, 6) is -0.101. The van der Waals surface area contributed by atoms with E-state index in [0.29, 0.717) is 4.47 Å². The highest BCUT2D eigenvalue weighted by Gasteiger charge is 2.18. The van der Waals surface area contributed by atoms with Crippen molar-refractivity contribution in [3.8, 4) is 0 Å². The Bertz CT molecular complexity index is 583. The summed E-state index contributed by atoms with van der Waals surface area (Å²) in [6, 6.07) is 6.43. The number of anilines is 1. The second-order valence-corrected chi connectivity index (χ2v) is 5.28. The minimum atomic E-state index is -3.70. The highest BCUT2D eigenvalue weighted by atomic mass is 79.9. The Labute approximate surface area is 99.4 Å². The van der Waals surface area contributed by atoms with E-state index >= 15 is 0 Å². The molecule has 2 aromatic rings. The van der Waals surface area contributed by atoms with E-state index in [0.717, 1.165) is 0 Å². The molecule has 1 aromatic heterocycles. The number of nitrogens with zero attached hydrogens (tertiary/aromatic N) is 3. The maximum absolute atomic E-state index is 11.9. The van der Waals surface area contributed by atoms with Crippen LogP contribution in [0.5, 0.6) is 0 Å². The first-order valence-corrected chi connectivity index (χ1v) is 6.38. The van der Waals surface area contributed by atoms with Crippen molar-refractivity contribution in [2.75, 3.05) is 4.72 Å². The summed E-state index contributed by atoms with van der Waals surface area (Å²) in [6.45, 7) is 0. The molecule has 0 spiro atoms. The van der Waals surface area contributed by atoms with Crippen LogP contribution in [0.25, 0.3) is 0 Å². The SMILES string of the molecule is O=S(=O)(Nc1nn[nH]n1)c1ccccc1Br. The van der Waals surface area contributed by atoms with Gasteiger partial charge in [0.15, 0.2) is 0 Å². The van der Waals surface area contributed by atoms with Gasteiger partial charge in [-0.15, -0.1) is 5.10 Å². The summed E-state index contributed by atoms with van der Waals surface area (Å²) in [5, 5.41) is 12.4. The standard InChI is InChI=1S/C7H6BrN5O2S/c8-5-3-1-2-4-6(5)16(14,15)11-7-9-12-13-10-7/h1-4H,(H2,9,10,11,12,13). The molecule has 9 heteroatoms. The molecule has 0 fully saturated rings. The second kappa shape index (κ2) is 4.18. The molecule has 16 heavy (non-hydrogen) atoms. The summed E-state index contributed by atoms with van der Waals surface area (Å²) < 4.78 is 26.4. The summed E-state index contributed by atoms with van der Waals surface area (Å²) in [7, 11) is -3.70. The van der Waals surface area contributed by atoms with Crippen LogP contribution >= 0.6 is 15.9 Å². The fourth-order valence-electron chi connectivity index (χ4n) is 1.04. The molecule has 2 rings (SSSR count). The lowest BCUT2D eigenvalue weighted by atomic mass is 10.4. The topological polar surface area (TPSA) is 101 Å². The zero-order valence-corrected chi connectivity index (χ0v) is 10.2. The largest absolute Gasteiger partial charge is 0.276 e. The van der Waals surface area contributed by atoms with Gasteiger partial charge in [-0.1, -0.05) is 17.2 Å². The van der Waals surface area contributed by atoms with Crippen molar-refractivity contribution >= 4 is 31.9 Å². The summed E-state index contributed by atoms with van der Waals surface area (Å²) in [4.78, 5) is 0.111. The third-order valence-electron chi connectivity index (χ3n) is 1.70. The average Bonchev–Trinajstić information content (AvgIpc) is 2.70. The molecule has 0 saturated heterocycles. The first kappa shape index (κ1) is 11.0. The van der Waals surface area contributed by atoms with E-state index < -0.39 is 10.0 Å². The number of aromatic amines is 1. The number of tetrazole rings is 1. The number of rotatable bonds is 3. The maximum Gasteiger partial charge on any atom is 0.276 e. The lowest BCUT2D eigenvalue weighted by Crippen LogP contribution is -2.14. The molecule has 0 aliphatic carbocycles. The van der Waals surface area contributed by atoms with E-state index in [1.165, 1.54) is 6.07 Å². The van der Waals surface area contributed by atoms with Gasteiger partial charge in [-0.05, 0) is 33.3 Å². The van der Waals surface area contributed by atoms with Gasteiger partial charge in [0.05, 0.1) is 0 Å². The molecule has 84 valence electrons. The van der Waals surface area contributed by atoms with Crippen LogP contribution in [0, 0.1) is 0 Å². The number of hydrogen-bond acceptors (Lipinski definition) is 5. The van der Waals surface area contributed by atoms with Gasteiger partial charge in [-0.25, -0.2) is 13.1 Å². The van der Waals surface area contributed by atoms with E-state index in [1.807, 2.05) is 0 Å². The molecule has 0 aliphatic rings. The van der Waals surface area contributed by atoms with Crippen molar-refractivity contribution < 1.29 is 8.42 Å². The highest BCUT2D eigenvalue weighted by molar-refractivity contribution is 9.10. The van der Waals surface area contributed by atoms with E-state index in [9.17, 15) is 8.42 Å². The molecule has 0 bridgehead atoms. The number of hydrogen-bond donors (Lipinski definition) is 2. The van der Waals surface area contributed by atoms with Gasteiger partial charge in [0.1, 0.15) is 4.90 Å². The van der Waals surface area contributed by atoms with Crippen LogP contribution < -0.4 is 4.72 Å². The minimum Gasteiger partial charge on any atom is -0.245 e. The third-order valence-corrected chi connectivity index (χ3v) is 4.04. The molecule has 1 heterocycles. The summed E-state index contributed by atoms with van der Waals surface area (Å²) in [6.07, 6.45) is 0. The van der Waals surface area contributed by atoms with E-state index in [4.69, 9.17) is 0 Å². The fourth-order valence-corrected chi connectivity index (χ4v) is 2.99. The number of H-pyrrole nitrogens is 1. The summed E-state index contributed by atoms with van der Waals surface area (Å²) >= 11 is 3.15. The van der Waals surface area contributed by atoms with Crippen molar-refractivity contribution in [3.63, 3.8) is 0 Å². The number of halogens is 1. The number of sulfonamides is 1. The van der Waals surface area contributed by atoms with Crippen LogP contribution in [0.3, 0.4) is 0 Å². The zero-order valence-electron chi connectivity index (χ0n) is 7.75. The molecule has 0 unspecified atom stereocenters. The Morgan fingerprint density at radius 2 is 2.06 bits per heavy atom. The molecule has 2 N–H and O–H groups in total. The number of nitrogens with one attached hydrogen (secondary N) is 2. The predicted molar refractivity (Wildman–Crippen MR) is 59.1 cm³/mol. The Kier molecular flexibility index (Phi) is 2.88. The number of aromatic nitrogens is 4. The van der Waals surface area contributed by atoms with Crippen LogP contribution in [-0.4, -0.2) is 29.0 Å². The highest BCUT2D eigenvalue weighted by Crippen LogP contribution is 2.22. The normalized spacial score (nSPS) is 11.3. The van der Waals surface area contributed by atoms with E-state index in [-0.39, 0.29) is 10.8 Å². The third kappa shape index (κ3) is 2.19. The fraction of sp³-hybridized carbons (Fsp3) is 0. The Morgan fingerprint density at radius 1 is 1.31 bits per heavy atom. The van der Waals surface area contributed by atoms with Gasteiger partial charge in [0.2, 0.25) is 0 Å². The maximum atomic E-state index is 11.9. The Morgan fingerprint density at radius 3 is 2.69 bits per heavy atom. The molecular formula is C7H6BrN5O2S. The van der Waals surface area contributed by atoms with Gasteiger partial charge in [-0.3, -0.25) is 0 Å². The van der Waals surface area contributed by atoms with Gasteiger partial charge in [0, 0.05) is 4.47 Å². The van der Waals surface area contributed by atoms with Gasteiger partial charge >= 0.3 is 0 Å². The minimum absolute atomic E-state index is 0.101. The van der Waals surface area contributed by atoms with Crippen LogP contribution in [0.2, 0.25) is 0 Å². The molecule has 0 radical (unpaired) electrons. The second-order valence-electron chi connectivity index (χ2n) is 2.77. The van der Waals surface area contributed by atoms with Gasteiger partial charge in [-0.2, -0.15) is 5.21 Å². The molecular weight excluding hydrogens is 298 g/mol. The molecule has 0 atom stereocenters. The Balaban J connectivity index is 2.37. The van der Waals surface area contributed by atoms with Crippen molar-refractivity contribution in [2.45, 2.75) is 4.90 Å². The zero-order chi connectivity index (χ0) is 11.6. The van der Waals surface area contributed by atoms with Crippen LogP contribution in [0.4, 0.5) is 5.95 Å². The lowest BCUT2D eigenvalue weighted by molar-refractivity contribution is 0.600. The van der Waals surface area contributed by atoms with Gasteiger partial charge < -0.3 is 0 Å². The molecule has 0 saturated carbocycles. The van der Waals surface area contributed by atoms with Crippen LogP contribution in [-0.2, 0) is 10.0 Å². The van der Waals surface area contributed by atoms with Crippen LogP contribution in [0.1, 0.15) is 0 Å². The van der Waals surface area contributed by atoms with Crippen LogP contribution in [0.15, 0.2) is 33.6 Å². The molecule has 7 nitrogen and oxygen atoms in total. The van der Waals surface area contributed by atoms with Gasteiger partial charge in [0.25, 0.3) is 16.0 Å². The quantitative estimate of drug-likeness (QED) is 0.872. The lowest BCUT2D eigenvalue weighted by Gasteiger charge is -2.05. The first-order valence-electron chi connectivity index (χ1n) is 4.10. The predicted octanol–water partition coefficient (Wildman–Crippen LogP) is 0.763. The number of benzene rings is 1. The van der Waals surface area contributed by atoms with Crippen molar-refractivity contribution in [2.24, 2.45) is 0 Å². The molecule has 0 aliphatic heterocycles. The van der Waals surface area contributed by atoms with E-state index in [2.05, 4.69) is 41.3 Å². The summed E-state index contributed by atoms with van der Waals surface area (Å²) in [5.41, 5.74) is 0. The van der Waals surface area contributed by atoms with E-state index in [1.54, 1.807) is 18.2 Å². The molecule has 1 aromatic carbocycles. The smallest absolute Gasteiger partial charge is 0.245 e. The molecule has 0 amide bonds. The average molecular weight is 304 g/mol. The van der Waals surface area contributed by atoms with Crippen molar-refractivity contribution in [3.05, 3.63) is 28.7 Å². The van der Waals surface area contributed by atoms with Crippen molar-refractivity contribution in [1.82, 2.24) is 20.6 Å². The van der Waals surface area contributed by atoms with Crippen molar-refractivity contribution in [1.29, 1.82) is 0 Å². The Hall–Kier alpha value is -1.48.